The molecule has 1 heterocycles. The maximum Gasteiger partial charge on any atom is 0.122 e. The second-order valence-corrected chi connectivity index (χ2v) is 5.98. The minimum atomic E-state index is -0.789. The number of aliphatic hydroxyl groups is 1. The van der Waals surface area contributed by atoms with Gasteiger partial charge in [0.1, 0.15) is 6.10 Å². The minimum Gasteiger partial charge on any atom is -0.382 e. The van der Waals surface area contributed by atoms with E-state index < -0.39 is 6.10 Å². The molecule has 0 amide bonds. The van der Waals surface area contributed by atoms with Crippen molar-refractivity contribution >= 4 is 38.3 Å². The average Bonchev–Trinajstić information content (AvgIpc) is 2.77. The number of nitrogens with zero attached hydrogens (tertiary/aromatic N) is 2. The molecule has 0 radical (unpaired) electrons. The second kappa shape index (κ2) is 5.20. The smallest absolute Gasteiger partial charge is 0.122 e. The number of benzene rings is 2. The lowest BCUT2D eigenvalue weighted by molar-refractivity contribution is 0.210. The molecule has 20 heavy (non-hydrogen) atoms. The van der Waals surface area contributed by atoms with Gasteiger partial charge in [0.2, 0.25) is 0 Å². The Morgan fingerprint density at radius 1 is 1.20 bits per heavy atom. The highest BCUT2D eigenvalue weighted by Crippen LogP contribution is 2.30. The van der Waals surface area contributed by atoms with Gasteiger partial charge in [0.15, 0.2) is 0 Å². The van der Waals surface area contributed by atoms with Crippen molar-refractivity contribution in [2.24, 2.45) is 7.05 Å². The SMILES string of the molecule is Cn1ncc(Cl)c1C(O)c1ccc2cc(Br)ccc2c1. The monoisotopic (exact) mass is 350 g/mol. The van der Waals surface area contributed by atoms with Crippen molar-refractivity contribution in [3.63, 3.8) is 0 Å². The molecule has 3 nitrogen and oxygen atoms in total. The first kappa shape index (κ1) is 13.6. The van der Waals surface area contributed by atoms with Gasteiger partial charge in [0.25, 0.3) is 0 Å². The van der Waals surface area contributed by atoms with E-state index in [1.807, 2.05) is 36.4 Å². The normalized spacial score (nSPS) is 12.8. The van der Waals surface area contributed by atoms with E-state index in [0.29, 0.717) is 10.7 Å². The number of rotatable bonds is 2. The molecule has 1 unspecified atom stereocenters. The molecule has 1 atom stereocenters. The Kier molecular flexibility index (Phi) is 3.54. The number of aliphatic hydroxyl groups excluding tert-OH is 1. The summed E-state index contributed by atoms with van der Waals surface area (Å²) in [6.07, 6.45) is 0.751. The fraction of sp³-hybridized carbons (Fsp3) is 0.133. The van der Waals surface area contributed by atoms with Gasteiger partial charge in [-0.15, -0.1) is 0 Å². The molecule has 1 N–H and O–H groups in total. The highest BCUT2D eigenvalue weighted by Gasteiger charge is 2.18. The number of halogens is 2. The molecule has 0 aliphatic rings. The number of aryl methyl sites for hydroxylation is 1. The Morgan fingerprint density at radius 3 is 2.60 bits per heavy atom. The van der Waals surface area contributed by atoms with Crippen LogP contribution in [0.25, 0.3) is 10.8 Å². The largest absolute Gasteiger partial charge is 0.382 e. The van der Waals surface area contributed by atoms with Crippen LogP contribution in [0.15, 0.2) is 47.1 Å². The molecule has 0 fully saturated rings. The van der Waals surface area contributed by atoms with Gasteiger partial charge in [0.05, 0.1) is 16.9 Å². The Morgan fingerprint density at radius 2 is 1.90 bits per heavy atom. The van der Waals surface area contributed by atoms with E-state index in [4.69, 9.17) is 11.6 Å². The Balaban J connectivity index is 2.08. The molecule has 0 aliphatic heterocycles. The Labute approximate surface area is 129 Å². The van der Waals surface area contributed by atoms with Crippen molar-refractivity contribution in [3.05, 3.63) is 63.3 Å². The average molecular weight is 352 g/mol. The zero-order valence-electron chi connectivity index (χ0n) is 10.7. The first-order valence-electron chi connectivity index (χ1n) is 6.11. The molecule has 3 rings (SSSR count). The van der Waals surface area contributed by atoms with E-state index in [1.54, 1.807) is 11.7 Å². The predicted octanol–water partition coefficient (Wildman–Crippen LogP) is 4.07. The van der Waals surface area contributed by atoms with Crippen molar-refractivity contribution in [1.29, 1.82) is 0 Å². The summed E-state index contributed by atoms with van der Waals surface area (Å²) in [7, 11) is 1.77. The summed E-state index contributed by atoms with van der Waals surface area (Å²) in [4.78, 5) is 0. The third-order valence-corrected chi connectivity index (χ3v) is 4.12. The lowest BCUT2D eigenvalue weighted by Gasteiger charge is -2.13. The van der Waals surface area contributed by atoms with Gasteiger partial charge in [-0.1, -0.05) is 45.7 Å². The van der Waals surface area contributed by atoms with Crippen LogP contribution in [-0.4, -0.2) is 14.9 Å². The predicted molar refractivity (Wildman–Crippen MR) is 83.9 cm³/mol. The van der Waals surface area contributed by atoms with Crippen LogP contribution in [0, 0.1) is 0 Å². The molecule has 3 aromatic rings. The number of hydrogen-bond acceptors (Lipinski definition) is 2. The van der Waals surface area contributed by atoms with Gasteiger partial charge in [0, 0.05) is 11.5 Å². The van der Waals surface area contributed by atoms with Crippen LogP contribution in [0.2, 0.25) is 5.02 Å². The maximum atomic E-state index is 10.5. The quantitative estimate of drug-likeness (QED) is 0.756. The van der Waals surface area contributed by atoms with Crippen molar-refractivity contribution in [3.8, 4) is 0 Å². The highest BCUT2D eigenvalue weighted by molar-refractivity contribution is 9.10. The molecule has 0 bridgehead atoms. The first-order chi connectivity index (χ1) is 9.56. The van der Waals surface area contributed by atoms with Gasteiger partial charge in [-0.25, -0.2) is 0 Å². The zero-order chi connectivity index (χ0) is 14.3. The number of aromatic nitrogens is 2. The van der Waals surface area contributed by atoms with Crippen LogP contribution in [-0.2, 0) is 7.05 Å². The van der Waals surface area contributed by atoms with Crippen LogP contribution in [0.5, 0.6) is 0 Å². The fourth-order valence-corrected chi connectivity index (χ4v) is 2.94. The highest BCUT2D eigenvalue weighted by atomic mass is 79.9. The molecule has 102 valence electrons. The summed E-state index contributed by atoms with van der Waals surface area (Å²) < 4.78 is 2.63. The minimum absolute atomic E-state index is 0.468. The molecule has 0 spiro atoms. The van der Waals surface area contributed by atoms with Gasteiger partial charge in [-0.3, -0.25) is 4.68 Å². The van der Waals surface area contributed by atoms with Gasteiger partial charge >= 0.3 is 0 Å². The third-order valence-electron chi connectivity index (χ3n) is 3.34. The van der Waals surface area contributed by atoms with Gasteiger partial charge in [-0.05, 0) is 34.5 Å². The van der Waals surface area contributed by atoms with E-state index in [9.17, 15) is 5.11 Å². The Bertz CT molecular complexity index is 765. The summed E-state index contributed by atoms with van der Waals surface area (Å²) in [5.74, 6) is 0. The van der Waals surface area contributed by atoms with Gasteiger partial charge < -0.3 is 5.11 Å². The fourth-order valence-electron chi connectivity index (χ4n) is 2.29. The van der Waals surface area contributed by atoms with E-state index in [-0.39, 0.29) is 0 Å². The van der Waals surface area contributed by atoms with Crippen LogP contribution in [0.3, 0.4) is 0 Å². The van der Waals surface area contributed by atoms with Crippen LogP contribution >= 0.6 is 27.5 Å². The summed E-state index contributed by atoms with van der Waals surface area (Å²) >= 11 is 9.53. The molecular formula is C15H12BrClN2O. The van der Waals surface area contributed by atoms with Crippen molar-refractivity contribution < 1.29 is 5.11 Å². The van der Waals surface area contributed by atoms with Crippen LogP contribution in [0.4, 0.5) is 0 Å². The zero-order valence-corrected chi connectivity index (χ0v) is 13.1. The molecule has 0 aliphatic carbocycles. The standard InChI is InChI=1S/C15H12BrClN2O/c1-19-14(13(17)8-18-19)15(20)11-3-2-10-7-12(16)5-4-9(10)6-11/h2-8,15,20H,1H3. The number of fused-ring (bicyclic) bond motifs is 1. The number of hydrogen-bond donors (Lipinski definition) is 1. The maximum absolute atomic E-state index is 10.5. The lowest BCUT2D eigenvalue weighted by Crippen LogP contribution is -2.07. The van der Waals surface area contributed by atoms with Crippen molar-refractivity contribution in [1.82, 2.24) is 9.78 Å². The summed E-state index contributed by atoms with van der Waals surface area (Å²) in [5, 5.41) is 17.2. The van der Waals surface area contributed by atoms with E-state index in [1.165, 1.54) is 6.20 Å². The van der Waals surface area contributed by atoms with Gasteiger partial charge in [-0.2, -0.15) is 5.10 Å². The van der Waals surface area contributed by atoms with Crippen molar-refractivity contribution in [2.45, 2.75) is 6.10 Å². The third kappa shape index (κ3) is 2.35. The molecule has 0 saturated carbocycles. The molecule has 5 heteroatoms. The molecule has 1 aromatic heterocycles. The summed E-state index contributed by atoms with van der Waals surface area (Å²) in [5.41, 5.74) is 1.40. The molecule has 2 aromatic carbocycles. The van der Waals surface area contributed by atoms with Crippen LogP contribution in [0.1, 0.15) is 17.4 Å². The second-order valence-electron chi connectivity index (χ2n) is 4.65. The first-order valence-corrected chi connectivity index (χ1v) is 7.28. The summed E-state index contributed by atoms with van der Waals surface area (Å²) in [6, 6.07) is 11.9. The summed E-state index contributed by atoms with van der Waals surface area (Å²) in [6.45, 7) is 0. The Hall–Kier alpha value is -1.36. The van der Waals surface area contributed by atoms with E-state index >= 15 is 0 Å². The molecular weight excluding hydrogens is 340 g/mol. The van der Waals surface area contributed by atoms with E-state index in [2.05, 4.69) is 21.0 Å². The lowest BCUT2D eigenvalue weighted by atomic mass is 10.0. The molecule has 0 saturated heterocycles. The van der Waals surface area contributed by atoms with Crippen LogP contribution < -0.4 is 0 Å². The van der Waals surface area contributed by atoms with Crippen molar-refractivity contribution in [2.75, 3.05) is 0 Å². The van der Waals surface area contributed by atoms with E-state index in [0.717, 1.165) is 20.8 Å². The topological polar surface area (TPSA) is 38.0 Å².